The molecule has 2 aromatic rings. The summed E-state index contributed by atoms with van der Waals surface area (Å²) in [7, 11) is 0. The Balaban J connectivity index is 0.000000295. The van der Waals surface area contributed by atoms with Crippen molar-refractivity contribution in [3.63, 3.8) is 0 Å². The number of aromatic nitrogens is 6. The highest BCUT2D eigenvalue weighted by Gasteiger charge is 2.19. The summed E-state index contributed by atoms with van der Waals surface area (Å²) in [6.45, 7) is 25.7. The molecular weight excluding hydrogens is 498 g/mol. The lowest BCUT2D eigenvalue weighted by atomic mass is 10.3. The van der Waals surface area contributed by atoms with E-state index in [2.05, 4.69) is 71.2 Å². The maximum absolute atomic E-state index is 11.7. The van der Waals surface area contributed by atoms with E-state index in [1.807, 2.05) is 0 Å². The number of nitrogens with zero attached hydrogens (tertiary/aromatic N) is 9. The molecule has 1 fully saturated rings. The fraction of sp³-hybridized carbons (Fsp3) is 0.778. The summed E-state index contributed by atoms with van der Waals surface area (Å²) in [5.41, 5.74) is -1.58. The molecule has 1 aliphatic rings. The highest BCUT2D eigenvalue weighted by molar-refractivity contribution is 4.97. The van der Waals surface area contributed by atoms with Gasteiger partial charge in [-0.1, -0.05) is 41.5 Å². The molecule has 222 valence electrons. The first-order valence-electron chi connectivity index (χ1n) is 14.5. The van der Waals surface area contributed by atoms with E-state index in [9.17, 15) is 14.4 Å². The van der Waals surface area contributed by atoms with Crippen molar-refractivity contribution in [2.45, 2.75) is 101 Å². The number of hydrogen-bond donors (Lipinski definition) is 0. The highest BCUT2D eigenvalue weighted by atomic mass is 16.2. The average molecular weight is 550 g/mol. The zero-order valence-corrected chi connectivity index (χ0v) is 25.7. The van der Waals surface area contributed by atoms with Gasteiger partial charge in [-0.05, 0) is 40.4 Å². The van der Waals surface area contributed by atoms with Crippen LogP contribution in [0.15, 0.2) is 14.4 Å². The van der Waals surface area contributed by atoms with Gasteiger partial charge in [0.15, 0.2) is 0 Å². The third kappa shape index (κ3) is 9.77. The Morgan fingerprint density at radius 2 is 0.667 bits per heavy atom. The molecule has 0 radical (unpaired) electrons. The molecule has 0 bridgehead atoms. The second-order valence-corrected chi connectivity index (χ2v) is 9.11. The molecule has 3 rings (SSSR count). The van der Waals surface area contributed by atoms with Gasteiger partial charge in [0.2, 0.25) is 0 Å². The van der Waals surface area contributed by atoms with Crippen molar-refractivity contribution in [2.75, 3.05) is 39.6 Å². The van der Waals surface area contributed by atoms with Crippen molar-refractivity contribution >= 4 is 0 Å². The van der Waals surface area contributed by atoms with Gasteiger partial charge in [0.1, 0.15) is 17.5 Å². The van der Waals surface area contributed by atoms with Gasteiger partial charge in [-0.25, -0.2) is 43.0 Å². The van der Waals surface area contributed by atoms with E-state index in [1.54, 1.807) is 20.8 Å². The van der Waals surface area contributed by atoms with Crippen LogP contribution in [0.4, 0.5) is 0 Å². The molecule has 0 aromatic carbocycles. The Labute approximate surface area is 233 Å². The number of aryl methyl sites for hydroxylation is 3. The molecule has 0 amide bonds. The van der Waals surface area contributed by atoms with Crippen LogP contribution in [-0.2, 0) is 38.9 Å². The Morgan fingerprint density at radius 3 is 0.821 bits per heavy atom. The van der Waals surface area contributed by atoms with E-state index in [0.717, 1.165) is 90.1 Å². The van der Waals surface area contributed by atoms with E-state index in [-0.39, 0.29) is 19.6 Å². The first-order valence-corrected chi connectivity index (χ1v) is 14.5. The highest BCUT2D eigenvalue weighted by Crippen LogP contribution is 2.05. The van der Waals surface area contributed by atoms with E-state index in [1.165, 1.54) is 0 Å². The average Bonchev–Trinajstić information content (AvgIpc) is 2.97. The third-order valence-corrected chi connectivity index (χ3v) is 6.60. The molecule has 0 atom stereocenters. The van der Waals surface area contributed by atoms with Gasteiger partial charge in [0, 0.05) is 38.9 Å². The predicted molar refractivity (Wildman–Crippen MR) is 156 cm³/mol. The summed E-state index contributed by atoms with van der Waals surface area (Å²) >= 11 is 0. The Kier molecular flexibility index (Phi) is 15.7. The minimum absolute atomic E-state index is 0.276. The van der Waals surface area contributed by atoms with Crippen LogP contribution >= 0.6 is 0 Å². The summed E-state index contributed by atoms with van der Waals surface area (Å²) < 4.78 is 3.19. The van der Waals surface area contributed by atoms with Gasteiger partial charge in [-0.15, -0.1) is 0 Å². The maximum Gasteiger partial charge on any atom is 0.336 e. The molecule has 0 saturated carbocycles. The molecule has 0 N–H and O–H groups in total. The minimum atomic E-state index is -0.528. The molecule has 3 heterocycles. The summed E-state index contributed by atoms with van der Waals surface area (Å²) in [4.78, 5) is 55.3. The van der Waals surface area contributed by atoms with Crippen molar-refractivity contribution in [3.8, 4) is 0 Å². The summed E-state index contributed by atoms with van der Waals surface area (Å²) in [6, 6.07) is 0. The topological polar surface area (TPSA) is 114 Å². The molecule has 12 nitrogen and oxygen atoms in total. The van der Waals surface area contributed by atoms with E-state index < -0.39 is 17.1 Å². The van der Waals surface area contributed by atoms with E-state index >= 15 is 0 Å². The molecule has 1 aliphatic heterocycles. The molecule has 12 heteroatoms. The largest absolute Gasteiger partial charge is 0.336 e. The summed E-state index contributed by atoms with van der Waals surface area (Å²) in [5.74, 6) is 2.75. The molecule has 0 spiro atoms. The van der Waals surface area contributed by atoms with Crippen LogP contribution in [0.1, 0.15) is 79.8 Å². The van der Waals surface area contributed by atoms with Gasteiger partial charge in [-0.2, -0.15) is 0 Å². The van der Waals surface area contributed by atoms with Crippen LogP contribution < -0.4 is 17.1 Å². The summed E-state index contributed by atoms with van der Waals surface area (Å²) in [6.07, 6.45) is 2.67. The molecule has 39 heavy (non-hydrogen) atoms. The zero-order chi connectivity index (χ0) is 29.5. The molecule has 0 aliphatic carbocycles. The van der Waals surface area contributed by atoms with E-state index in [4.69, 9.17) is 0 Å². The fourth-order valence-electron chi connectivity index (χ4n) is 4.07. The Bertz CT molecular complexity index is 981. The van der Waals surface area contributed by atoms with Gasteiger partial charge >= 0.3 is 17.1 Å². The van der Waals surface area contributed by atoms with Crippen LogP contribution in [0.25, 0.3) is 0 Å². The first kappa shape index (κ1) is 34.3. The standard InChI is InChI=1S/C9H15N3O3.C9H21N3.C9H15N3/c1-4-10-7(13)11(5-2)9(15)12(6-3)8(10)14;1-4-10-7-11(5-2)9-12(6-3)8-10;1-4-7-10-8(5-2)12-9(6-3)11-7/h4-6H2,1-3H3;4-9H2,1-3H3;4-6H2,1-3H3. The van der Waals surface area contributed by atoms with Crippen LogP contribution in [0.2, 0.25) is 0 Å². The number of hydrogen-bond acceptors (Lipinski definition) is 9. The lowest BCUT2D eigenvalue weighted by molar-refractivity contribution is -0.0212. The predicted octanol–water partition coefficient (Wildman–Crippen LogP) is 1.63. The van der Waals surface area contributed by atoms with Crippen molar-refractivity contribution in [1.29, 1.82) is 0 Å². The fourth-order valence-corrected chi connectivity index (χ4v) is 4.07. The summed E-state index contributed by atoms with van der Waals surface area (Å²) in [5, 5.41) is 0. The lowest BCUT2D eigenvalue weighted by Crippen LogP contribution is -2.54. The first-order chi connectivity index (χ1) is 18.7. The van der Waals surface area contributed by atoms with Crippen LogP contribution in [-0.4, -0.2) is 83.0 Å². The van der Waals surface area contributed by atoms with Gasteiger partial charge in [0.25, 0.3) is 0 Å². The lowest BCUT2D eigenvalue weighted by Gasteiger charge is -2.41. The van der Waals surface area contributed by atoms with Crippen LogP contribution in [0, 0.1) is 0 Å². The second kappa shape index (κ2) is 17.8. The van der Waals surface area contributed by atoms with Crippen molar-refractivity contribution in [2.24, 2.45) is 0 Å². The van der Waals surface area contributed by atoms with Crippen molar-refractivity contribution < 1.29 is 0 Å². The van der Waals surface area contributed by atoms with Gasteiger partial charge in [-0.3, -0.25) is 14.7 Å². The normalized spacial score (nSPS) is 14.4. The molecular formula is C27H51N9O3. The van der Waals surface area contributed by atoms with Crippen molar-refractivity contribution in [3.05, 3.63) is 48.9 Å². The van der Waals surface area contributed by atoms with Crippen molar-refractivity contribution in [1.82, 2.24) is 43.4 Å². The van der Waals surface area contributed by atoms with Gasteiger partial charge < -0.3 is 0 Å². The Morgan fingerprint density at radius 1 is 0.436 bits per heavy atom. The molecule has 2 aromatic heterocycles. The monoisotopic (exact) mass is 549 g/mol. The minimum Gasteiger partial charge on any atom is -0.278 e. The SMILES string of the molecule is CCN1CN(CC)CN(CC)C1.CCc1nc(CC)nc(CC)n1.CCn1c(=O)n(CC)c(=O)n(CC)c1=O. The maximum atomic E-state index is 11.7. The smallest absolute Gasteiger partial charge is 0.278 e. The number of rotatable bonds is 9. The second-order valence-electron chi connectivity index (χ2n) is 9.11. The molecule has 0 unspecified atom stereocenters. The third-order valence-electron chi connectivity index (χ3n) is 6.60. The quantitative estimate of drug-likeness (QED) is 0.460. The van der Waals surface area contributed by atoms with Crippen LogP contribution in [0.5, 0.6) is 0 Å². The zero-order valence-electron chi connectivity index (χ0n) is 25.7. The van der Waals surface area contributed by atoms with Crippen LogP contribution in [0.3, 0.4) is 0 Å². The van der Waals surface area contributed by atoms with Gasteiger partial charge in [0.05, 0.1) is 20.0 Å². The Hall–Kier alpha value is -2.70. The molecule has 1 saturated heterocycles. The van der Waals surface area contributed by atoms with E-state index in [0.29, 0.717) is 0 Å².